The topological polar surface area (TPSA) is 71.9 Å². The van der Waals surface area contributed by atoms with E-state index in [-0.39, 0.29) is 21.2 Å². The Bertz CT molecular complexity index is 901. The van der Waals surface area contributed by atoms with Gasteiger partial charge in [-0.2, -0.15) is 18.4 Å². The van der Waals surface area contributed by atoms with Crippen LogP contribution in [0.4, 0.5) is 18.9 Å². The summed E-state index contributed by atoms with van der Waals surface area (Å²) in [5, 5.41) is 18.9. The van der Waals surface area contributed by atoms with E-state index in [9.17, 15) is 28.5 Å². The van der Waals surface area contributed by atoms with Gasteiger partial charge in [-0.1, -0.05) is 34.8 Å². The van der Waals surface area contributed by atoms with Crippen LogP contribution < -0.4 is 0 Å². The van der Waals surface area contributed by atoms with Crippen LogP contribution in [0, 0.1) is 21.4 Å². The second-order valence-corrected chi connectivity index (χ2v) is 5.79. The molecule has 0 bridgehead atoms. The SMILES string of the molecule is Cn1c(C#N)c(-c2cc([N+](=O)[O-])c(Cl)cc2Cl)c(Cl)c1C(F)(F)F. The first-order valence-electron chi connectivity index (χ1n) is 6.00. The molecule has 0 spiro atoms. The third-order valence-corrected chi connectivity index (χ3v) is 4.20. The van der Waals surface area contributed by atoms with Crippen molar-refractivity contribution in [2.75, 3.05) is 0 Å². The second-order valence-electron chi connectivity index (χ2n) is 4.60. The van der Waals surface area contributed by atoms with Gasteiger partial charge in [0, 0.05) is 24.2 Å². The summed E-state index contributed by atoms with van der Waals surface area (Å²) < 4.78 is 40.0. The molecular formula is C13H5Cl3F3N3O2. The maximum absolute atomic E-state index is 13.2. The van der Waals surface area contributed by atoms with E-state index in [1.54, 1.807) is 6.07 Å². The highest BCUT2D eigenvalue weighted by Gasteiger charge is 2.40. The summed E-state index contributed by atoms with van der Waals surface area (Å²) in [4.78, 5) is 10.2. The highest BCUT2D eigenvalue weighted by molar-refractivity contribution is 6.39. The summed E-state index contributed by atoms with van der Waals surface area (Å²) in [6.45, 7) is 0. The van der Waals surface area contributed by atoms with Crippen molar-refractivity contribution in [2.24, 2.45) is 7.05 Å². The summed E-state index contributed by atoms with van der Waals surface area (Å²) in [6.07, 6.45) is -4.83. The Labute approximate surface area is 147 Å². The molecule has 0 amide bonds. The van der Waals surface area contributed by atoms with E-state index in [0.717, 1.165) is 19.2 Å². The number of halogens is 6. The lowest BCUT2D eigenvalue weighted by atomic mass is 10.0. The van der Waals surface area contributed by atoms with Crippen LogP contribution in [0.5, 0.6) is 0 Å². The zero-order valence-corrected chi connectivity index (χ0v) is 13.8. The fraction of sp³-hybridized carbons (Fsp3) is 0.154. The van der Waals surface area contributed by atoms with Gasteiger partial charge in [0.2, 0.25) is 0 Å². The van der Waals surface area contributed by atoms with E-state index < -0.39 is 33.2 Å². The van der Waals surface area contributed by atoms with Gasteiger partial charge in [-0.05, 0) is 6.07 Å². The monoisotopic (exact) mass is 397 g/mol. The predicted molar refractivity (Wildman–Crippen MR) is 82.3 cm³/mol. The third kappa shape index (κ3) is 2.90. The minimum Gasteiger partial charge on any atom is -0.330 e. The zero-order valence-electron chi connectivity index (χ0n) is 11.6. The van der Waals surface area contributed by atoms with Gasteiger partial charge in [0.05, 0.1) is 15.0 Å². The average Bonchev–Trinajstić information content (AvgIpc) is 2.68. The minimum absolute atomic E-state index is 0.177. The van der Waals surface area contributed by atoms with Gasteiger partial charge in [-0.3, -0.25) is 10.1 Å². The van der Waals surface area contributed by atoms with Gasteiger partial charge >= 0.3 is 6.18 Å². The van der Waals surface area contributed by atoms with Crippen LogP contribution in [-0.2, 0) is 13.2 Å². The zero-order chi connectivity index (χ0) is 18.4. The third-order valence-electron chi connectivity index (χ3n) is 3.21. The van der Waals surface area contributed by atoms with Crippen LogP contribution in [0.2, 0.25) is 15.1 Å². The highest BCUT2D eigenvalue weighted by Crippen LogP contribution is 2.46. The van der Waals surface area contributed by atoms with Crippen molar-refractivity contribution < 1.29 is 18.1 Å². The Morgan fingerprint density at radius 1 is 1.25 bits per heavy atom. The molecule has 5 nitrogen and oxygen atoms in total. The number of alkyl halides is 3. The molecule has 0 aliphatic rings. The molecule has 0 aliphatic carbocycles. The first kappa shape index (κ1) is 18.4. The lowest BCUT2D eigenvalue weighted by Crippen LogP contribution is -2.12. The normalized spacial score (nSPS) is 11.4. The van der Waals surface area contributed by atoms with E-state index in [0.29, 0.717) is 4.57 Å². The molecular weight excluding hydrogens is 394 g/mol. The molecule has 0 fully saturated rings. The molecule has 0 aliphatic heterocycles. The van der Waals surface area contributed by atoms with Crippen LogP contribution >= 0.6 is 34.8 Å². The first-order chi connectivity index (χ1) is 11.0. The fourth-order valence-electron chi connectivity index (χ4n) is 2.21. The smallest absolute Gasteiger partial charge is 0.330 e. The molecule has 1 heterocycles. The molecule has 0 unspecified atom stereocenters. The standard InChI is InChI=1S/C13H5Cl3F3N3O2/c1-21-9(4-20)10(11(16)12(21)13(17,18)19)5-2-8(22(23)24)7(15)3-6(5)14/h2-3H,1H3. The van der Waals surface area contributed by atoms with Gasteiger partial charge in [0.1, 0.15) is 22.5 Å². The first-order valence-corrected chi connectivity index (χ1v) is 7.13. The molecule has 11 heteroatoms. The second kappa shape index (κ2) is 6.16. The molecule has 0 saturated heterocycles. The van der Waals surface area contributed by atoms with Gasteiger partial charge in [-0.25, -0.2) is 0 Å². The number of rotatable bonds is 2. The molecule has 0 radical (unpaired) electrons. The largest absolute Gasteiger partial charge is 0.432 e. The summed E-state index contributed by atoms with van der Waals surface area (Å²) in [5.74, 6) is 0. The molecule has 24 heavy (non-hydrogen) atoms. The van der Waals surface area contributed by atoms with Crippen LogP contribution in [0.25, 0.3) is 11.1 Å². The molecule has 0 N–H and O–H groups in total. The Balaban J connectivity index is 2.92. The van der Waals surface area contributed by atoms with E-state index in [1.165, 1.54) is 0 Å². The number of nitrogens with zero attached hydrogens (tertiary/aromatic N) is 3. The van der Waals surface area contributed by atoms with Crippen LogP contribution in [-0.4, -0.2) is 9.49 Å². The van der Waals surface area contributed by atoms with Crippen molar-refractivity contribution in [3.63, 3.8) is 0 Å². The Hall–Kier alpha value is -1.95. The van der Waals surface area contributed by atoms with Crippen LogP contribution in [0.15, 0.2) is 12.1 Å². The average molecular weight is 399 g/mol. The fourth-order valence-corrected chi connectivity index (χ4v) is 3.18. The van der Waals surface area contributed by atoms with Crippen molar-refractivity contribution in [2.45, 2.75) is 6.18 Å². The van der Waals surface area contributed by atoms with Gasteiger partial charge < -0.3 is 4.57 Å². The number of hydrogen-bond donors (Lipinski definition) is 0. The number of nitro groups is 1. The van der Waals surface area contributed by atoms with Crippen molar-refractivity contribution >= 4 is 40.5 Å². The summed E-state index contributed by atoms with van der Waals surface area (Å²) in [5.41, 5.74) is -2.82. The van der Waals surface area contributed by atoms with E-state index in [1.807, 2.05) is 0 Å². The van der Waals surface area contributed by atoms with Crippen molar-refractivity contribution in [3.8, 4) is 17.2 Å². The number of benzene rings is 1. The van der Waals surface area contributed by atoms with Gasteiger partial charge in [0.25, 0.3) is 5.69 Å². The van der Waals surface area contributed by atoms with Crippen molar-refractivity contribution in [1.82, 2.24) is 4.57 Å². The molecule has 126 valence electrons. The summed E-state index contributed by atoms with van der Waals surface area (Å²) in [7, 11) is 1.01. The van der Waals surface area contributed by atoms with E-state index in [2.05, 4.69) is 0 Å². The quantitative estimate of drug-likeness (QED) is 0.499. The van der Waals surface area contributed by atoms with Gasteiger partial charge in [-0.15, -0.1) is 0 Å². The number of nitro benzene ring substituents is 1. The van der Waals surface area contributed by atoms with Crippen molar-refractivity contribution in [1.29, 1.82) is 5.26 Å². The predicted octanol–water partition coefficient (Wildman–Crippen LogP) is 5.45. The van der Waals surface area contributed by atoms with Crippen LogP contribution in [0.1, 0.15) is 11.4 Å². The number of nitriles is 1. The molecule has 0 saturated carbocycles. The Kier molecular flexibility index (Phi) is 4.72. The van der Waals surface area contributed by atoms with E-state index >= 15 is 0 Å². The lowest BCUT2D eigenvalue weighted by molar-refractivity contribution is -0.384. The van der Waals surface area contributed by atoms with Crippen LogP contribution in [0.3, 0.4) is 0 Å². The van der Waals surface area contributed by atoms with E-state index in [4.69, 9.17) is 34.8 Å². The number of hydrogen-bond acceptors (Lipinski definition) is 3. The molecule has 0 atom stereocenters. The molecule has 1 aromatic carbocycles. The van der Waals surface area contributed by atoms with Gasteiger partial charge in [0.15, 0.2) is 0 Å². The number of aromatic nitrogens is 1. The summed E-state index contributed by atoms with van der Waals surface area (Å²) >= 11 is 17.5. The van der Waals surface area contributed by atoms with Crippen molar-refractivity contribution in [3.05, 3.63) is 48.7 Å². The molecule has 2 aromatic rings. The minimum atomic E-state index is -4.83. The maximum atomic E-state index is 13.2. The molecule has 2 rings (SSSR count). The lowest BCUT2D eigenvalue weighted by Gasteiger charge is -2.08. The summed E-state index contributed by atoms with van der Waals surface area (Å²) in [6, 6.07) is 3.49. The Morgan fingerprint density at radius 3 is 2.29 bits per heavy atom. The maximum Gasteiger partial charge on any atom is 0.432 e. The Morgan fingerprint density at radius 2 is 1.83 bits per heavy atom. The highest BCUT2D eigenvalue weighted by atomic mass is 35.5. The molecule has 1 aromatic heterocycles.